The van der Waals surface area contributed by atoms with Crippen molar-refractivity contribution in [2.75, 3.05) is 6.61 Å². The van der Waals surface area contributed by atoms with E-state index < -0.39 is 14.4 Å². The molecule has 0 bridgehead atoms. The maximum absolute atomic E-state index is 11.4. The van der Waals surface area contributed by atoms with Crippen molar-refractivity contribution in [1.29, 1.82) is 5.26 Å². The summed E-state index contributed by atoms with van der Waals surface area (Å²) in [5, 5.41) is 21.6. The maximum atomic E-state index is 11.4. The van der Waals surface area contributed by atoms with Crippen LogP contribution in [0.3, 0.4) is 0 Å². The third-order valence-corrected chi connectivity index (χ3v) is 12.8. The van der Waals surface area contributed by atoms with Crippen molar-refractivity contribution in [2.45, 2.75) is 84.2 Å². The van der Waals surface area contributed by atoms with Gasteiger partial charge in [0.1, 0.15) is 23.7 Å². The summed E-state index contributed by atoms with van der Waals surface area (Å²) in [6.07, 6.45) is 7.04. The number of rotatable bonds is 7. The molecule has 0 aliphatic heterocycles. The van der Waals surface area contributed by atoms with Gasteiger partial charge in [-0.25, -0.2) is 9.97 Å². The largest absolute Gasteiger partial charge is 0.414 e. The van der Waals surface area contributed by atoms with Crippen LogP contribution in [0.25, 0.3) is 22.3 Å². The van der Waals surface area contributed by atoms with Crippen LogP contribution in [0.15, 0.2) is 24.5 Å². The monoisotopic (exact) mass is 539 g/mol. The summed E-state index contributed by atoms with van der Waals surface area (Å²) < 4.78 is 8.49. The Morgan fingerprint density at radius 1 is 1.19 bits per heavy atom. The standard InChI is InChI=1S/C28H38ClN5O2Si/c1-18-7-9-19(10-8-18)16-34-26-23(33-27(34)24(35)17-36-37(5,6)28(2,3)4)12-22(13-30)32-25(26)20-11-21(29)15-31-14-20/h11-12,14-15,18-19,24,35H,7-10,16-17H2,1-6H3/t18-,19-,24?. The van der Waals surface area contributed by atoms with Crippen LogP contribution in [0.4, 0.5) is 0 Å². The molecule has 1 saturated carbocycles. The number of aliphatic hydroxyl groups excluding tert-OH is 1. The van der Waals surface area contributed by atoms with Crippen LogP contribution in [-0.2, 0) is 11.0 Å². The number of hydrogen-bond donors (Lipinski definition) is 1. The Kier molecular flexibility index (Phi) is 8.10. The summed E-state index contributed by atoms with van der Waals surface area (Å²) in [4.78, 5) is 13.8. The van der Waals surface area contributed by atoms with Gasteiger partial charge in [-0.1, -0.05) is 52.1 Å². The van der Waals surface area contributed by atoms with Gasteiger partial charge in [0.05, 0.1) is 28.4 Å². The van der Waals surface area contributed by atoms with E-state index in [9.17, 15) is 10.4 Å². The zero-order valence-corrected chi connectivity index (χ0v) is 24.5. The van der Waals surface area contributed by atoms with E-state index in [1.165, 1.54) is 12.8 Å². The van der Waals surface area contributed by atoms with Gasteiger partial charge in [-0.15, -0.1) is 0 Å². The fraction of sp³-hybridized carbons (Fsp3) is 0.571. The minimum absolute atomic E-state index is 0.0318. The Morgan fingerprint density at radius 3 is 2.51 bits per heavy atom. The topological polar surface area (TPSA) is 96.8 Å². The van der Waals surface area contributed by atoms with Crippen LogP contribution in [0.1, 0.15) is 71.0 Å². The van der Waals surface area contributed by atoms with Crippen LogP contribution < -0.4 is 0 Å². The lowest BCUT2D eigenvalue weighted by Crippen LogP contribution is -2.41. The molecule has 3 heterocycles. The molecule has 37 heavy (non-hydrogen) atoms. The minimum Gasteiger partial charge on any atom is -0.414 e. The number of pyridine rings is 2. The second-order valence-electron chi connectivity index (χ2n) is 12.0. The molecule has 0 spiro atoms. The smallest absolute Gasteiger partial charge is 0.192 e. The number of nitrogens with zero attached hydrogens (tertiary/aromatic N) is 5. The molecule has 3 aromatic rings. The van der Waals surface area contributed by atoms with E-state index in [0.717, 1.165) is 30.8 Å². The van der Waals surface area contributed by atoms with E-state index in [2.05, 4.69) is 61.4 Å². The van der Waals surface area contributed by atoms with Crippen LogP contribution >= 0.6 is 11.6 Å². The average molecular weight is 540 g/mol. The first kappa shape index (κ1) is 27.7. The molecule has 1 atom stereocenters. The second kappa shape index (κ2) is 10.8. The highest BCUT2D eigenvalue weighted by Gasteiger charge is 2.38. The summed E-state index contributed by atoms with van der Waals surface area (Å²) in [5.41, 5.74) is 3.00. The molecule has 7 nitrogen and oxygen atoms in total. The van der Waals surface area contributed by atoms with Crippen molar-refractivity contribution in [2.24, 2.45) is 11.8 Å². The van der Waals surface area contributed by atoms with Gasteiger partial charge in [-0.3, -0.25) is 4.98 Å². The van der Waals surface area contributed by atoms with Gasteiger partial charge in [-0.05, 0) is 48.9 Å². The Balaban J connectivity index is 1.82. The van der Waals surface area contributed by atoms with Crippen LogP contribution in [-0.4, -0.2) is 39.5 Å². The van der Waals surface area contributed by atoms with Gasteiger partial charge in [0, 0.05) is 30.6 Å². The van der Waals surface area contributed by atoms with Gasteiger partial charge >= 0.3 is 0 Å². The van der Waals surface area contributed by atoms with E-state index in [4.69, 9.17) is 21.0 Å². The highest BCUT2D eigenvalue weighted by Crippen LogP contribution is 2.38. The van der Waals surface area contributed by atoms with Crippen molar-refractivity contribution in [3.63, 3.8) is 0 Å². The number of aromatic nitrogens is 4. The summed E-state index contributed by atoms with van der Waals surface area (Å²) in [5.74, 6) is 1.77. The summed E-state index contributed by atoms with van der Waals surface area (Å²) in [6.45, 7) is 14.1. The first-order valence-corrected chi connectivity index (χ1v) is 16.4. The van der Waals surface area contributed by atoms with Crippen LogP contribution in [0.5, 0.6) is 0 Å². The van der Waals surface area contributed by atoms with Gasteiger partial charge in [0.2, 0.25) is 0 Å². The number of imidazole rings is 1. The van der Waals surface area contributed by atoms with Crippen molar-refractivity contribution in [3.05, 3.63) is 41.1 Å². The fourth-order valence-corrected chi connectivity index (χ4v) is 5.94. The molecule has 1 aliphatic carbocycles. The summed E-state index contributed by atoms with van der Waals surface area (Å²) in [6, 6.07) is 5.65. The third-order valence-electron chi connectivity index (χ3n) is 8.13. The highest BCUT2D eigenvalue weighted by atomic mass is 35.5. The zero-order chi connectivity index (χ0) is 27.0. The van der Waals surface area contributed by atoms with Crippen molar-refractivity contribution < 1.29 is 9.53 Å². The molecule has 0 aromatic carbocycles. The Morgan fingerprint density at radius 2 is 1.89 bits per heavy atom. The van der Waals surface area contributed by atoms with Gasteiger partial charge < -0.3 is 14.1 Å². The molecule has 1 N–H and O–H groups in total. The molecule has 1 fully saturated rings. The van der Waals surface area contributed by atoms with Gasteiger partial charge in [0.25, 0.3) is 0 Å². The Bertz CT molecular complexity index is 1300. The number of aliphatic hydroxyl groups is 1. The second-order valence-corrected chi connectivity index (χ2v) is 17.3. The predicted octanol–water partition coefficient (Wildman–Crippen LogP) is 6.90. The third kappa shape index (κ3) is 6.06. The first-order valence-electron chi connectivity index (χ1n) is 13.1. The van der Waals surface area contributed by atoms with E-state index in [0.29, 0.717) is 33.5 Å². The molecular formula is C28H38ClN5O2Si. The van der Waals surface area contributed by atoms with Gasteiger partial charge in [0.15, 0.2) is 8.32 Å². The van der Waals surface area contributed by atoms with Crippen LogP contribution in [0.2, 0.25) is 23.2 Å². The van der Waals surface area contributed by atoms with E-state index >= 15 is 0 Å². The number of hydrogen-bond acceptors (Lipinski definition) is 6. The molecular weight excluding hydrogens is 502 g/mol. The lowest BCUT2D eigenvalue weighted by atomic mass is 9.83. The molecule has 3 aromatic heterocycles. The zero-order valence-electron chi connectivity index (χ0n) is 22.8. The van der Waals surface area contributed by atoms with Crippen LogP contribution in [0, 0.1) is 23.2 Å². The van der Waals surface area contributed by atoms with E-state index in [1.807, 2.05) is 0 Å². The van der Waals surface area contributed by atoms with E-state index in [1.54, 1.807) is 24.5 Å². The molecule has 1 aliphatic rings. The SMILES string of the molecule is CC(C)(C)[Si](C)(C)OCC(O)c1nc2cc(C#N)nc(-c3cncc(Cl)c3)c2n1C[C@H]1CC[C@H](C)CC1. The summed E-state index contributed by atoms with van der Waals surface area (Å²) >= 11 is 6.27. The first-order chi connectivity index (χ1) is 17.4. The maximum Gasteiger partial charge on any atom is 0.192 e. The van der Waals surface area contributed by atoms with E-state index in [-0.39, 0.29) is 17.3 Å². The molecule has 0 radical (unpaired) electrons. The van der Waals surface area contributed by atoms with Crippen molar-refractivity contribution in [1.82, 2.24) is 19.5 Å². The lowest BCUT2D eigenvalue weighted by molar-refractivity contribution is 0.0893. The lowest BCUT2D eigenvalue weighted by Gasteiger charge is -2.36. The Labute approximate surface area is 226 Å². The summed E-state index contributed by atoms with van der Waals surface area (Å²) in [7, 11) is -2.07. The number of fused-ring (bicyclic) bond motifs is 1. The van der Waals surface area contributed by atoms with Gasteiger partial charge in [-0.2, -0.15) is 5.26 Å². The molecule has 0 saturated heterocycles. The van der Waals surface area contributed by atoms with Crippen molar-refractivity contribution in [3.8, 4) is 17.3 Å². The molecule has 1 unspecified atom stereocenters. The van der Waals surface area contributed by atoms with Crippen molar-refractivity contribution >= 4 is 31.0 Å². The average Bonchev–Trinajstić information content (AvgIpc) is 3.20. The molecule has 4 rings (SSSR count). The normalized spacial score (nSPS) is 19.6. The molecule has 198 valence electrons. The fourth-order valence-electron chi connectivity index (χ4n) is 4.76. The number of nitriles is 1. The molecule has 0 amide bonds. The quantitative estimate of drug-likeness (QED) is 0.328. The highest BCUT2D eigenvalue weighted by molar-refractivity contribution is 6.74. The predicted molar refractivity (Wildman–Crippen MR) is 150 cm³/mol. The molecule has 9 heteroatoms. The minimum atomic E-state index is -2.07. The number of halogens is 1. The Hall–Kier alpha value is -2.31.